The zero-order valence-electron chi connectivity index (χ0n) is 17.0. The van der Waals surface area contributed by atoms with E-state index in [1.54, 1.807) is 64.8 Å². The van der Waals surface area contributed by atoms with Crippen LogP contribution >= 0.6 is 0 Å². The van der Waals surface area contributed by atoms with Crippen molar-refractivity contribution in [2.75, 3.05) is 34.7 Å². The SMILES string of the molecule is COc1cc(OC)cc(C2=NN(S(C)(=O)=O)C(c3cc(OC)ccc3OC)C2)c1. The molecule has 1 aliphatic heterocycles. The van der Waals surface area contributed by atoms with Crippen molar-refractivity contribution in [3.8, 4) is 23.0 Å². The first-order valence-electron chi connectivity index (χ1n) is 8.83. The molecule has 1 aliphatic rings. The number of nitrogens with zero attached hydrogens (tertiary/aromatic N) is 2. The van der Waals surface area contributed by atoms with Gasteiger partial charge in [0.1, 0.15) is 23.0 Å². The highest BCUT2D eigenvalue weighted by Crippen LogP contribution is 2.41. The highest BCUT2D eigenvalue weighted by molar-refractivity contribution is 7.88. The molecule has 1 atom stereocenters. The van der Waals surface area contributed by atoms with Gasteiger partial charge in [0.25, 0.3) is 0 Å². The highest BCUT2D eigenvalue weighted by atomic mass is 32.2. The van der Waals surface area contributed by atoms with E-state index in [2.05, 4.69) is 5.10 Å². The van der Waals surface area contributed by atoms with E-state index in [1.165, 1.54) is 0 Å². The van der Waals surface area contributed by atoms with Crippen LogP contribution in [0.1, 0.15) is 23.6 Å². The topological polar surface area (TPSA) is 86.7 Å². The smallest absolute Gasteiger partial charge is 0.247 e. The number of hydrazone groups is 1. The second kappa shape index (κ2) is 8.20. The zero-order chi connectivity index (χ0) is 21.2. The molecule has 0 aromatic heterocycles. The van der Waals surface area contributed by atoms with Gasteiger partial charge in [-0.2, -0.15) is 9.52 Å². The number of hydrogen-bond donors (Lipinski definition) is 0. The summed E-state index contributed by atoms with van der Waals surface area (Å²) >= 11 is 0. The van der Waals surface area contributed by atoms with Gasteiger partial charge in [-0.05, 0) is 30.3 Å². The molecule has 0 amide bonds. The molecule has 0 saturated heterocycles. The van der Waals surface area contributed by atoms with Crippen molar-refractivity contribution >= 4 is 15.7 Å². The van der Waals surface area contributed by atoms with Crippen molar-refractivity contribution in [2.24, 2.45) is 5.10 Å². The number of rotatable bonds is 7. The van der Waals surface area contributed by atoms with Gasteiger partial charge in [0.15, 0.2) is 0 Å². The number of hydrogen-bond acceptors (Lipinski definition) is 7. The van der Waals surface area contributed by atoms with Gasteiger partial charge in [-0.3, -0.25) is 0 Å². The zero-order valence-corrected chi connectivity index (χ0v) is 17.8. The summed E-state index contributed by atoms with van der Waals surface area (Å²) in [6.45, 7) is 0. The minimum Gasteiger partial charge on any atom is -0.497 e. The maximum atomic E-state index is 12.5. The third-order valence-electron chi connectivity index (χ3n) is 4.69. The van der Waals surface area contributed by atoms with Gasteiger partial charge in [-0.15, -0.1) is 0 Å². The van der Waals surface area contributed by atoms with Crippen molar-refractivity contribution in [1.29, 1.82) is 0 Å². The molecule has 0 spiro atoms. The highest BCUT2D eigenvalue weighted by Gasteiger charge is 2.36. The number of benzene rings is 2. The molecular weight excluding hydrogens is 396 g/mol. The molecule has 9 heteroatoms. The molecule has 0 fully saturated rings. The summed E-state index contributed by atoms with van der Waals surface area (Å²) in [5.74, 6) is 2.35. The quantitative estimate of drug-likeness (QED) is 0.685. The average molecular weight is 420 g/mol. The Balaban J connectivity index is 2.10. The van der Waals surface area contributed by atoms with Crippen LogP contribution in [0.25, 0.3) is 0 Å². The maximum Gasteiger partial charge on any atom is 0.247 e. The van der Waals surface area contributed by atoms with Crippen LogP contribution in [0.4, 0.5) is 0 Å². The maximum absolute atomic E-state index is 12.5. The van der Waals surface area contributed by atoms with Crippen LogP contribution in [0.5, 0.6) is 23.0 Å². The Kier molecular flexibility index (Phi) is 5.88. The minimum atomic E-state index is -3.63. The first kappa shape index (κ1) is 20.8. The fourth-order valence-corrected chi connectivity index (χ4v) is 4.17. The fraction of sp³-hybridized carbons (Fsp3) is 0.350. The van der Waals surface area contributed by atoms with E-state index >= 15 is 0 Å². The molecular formula is C20H24N2O6S. The summed E-state index contributed by atoms with van der Waals surface area (Å²) < 4.78 is 47.5. The fourth-order valence-electron chi connectivity index (χ4n) is 3.27. The summed E-state index contributed by atoms with van der Waals surface area (Å²) in [4.78, 5) is 0. The van der Waals surface area contributed by atoms with E-state index in [-0.39, 0.29) is 0 Å². The lowest BCUT2D eigenvalue weighted by atomic mass is 9.98. The van der Waals surface area contributed by atoms with Gasteiger partial charge < -0.3 is 18.9 Å². The van der Waals surface area contributed by atoms with Gasteiger partial charge >= 0.3 is 0 Å². The molecule has 0 N–H and O–H groups in total. The Morgan fingerprint density at radius 1 is 0.897 bits per heavy atom. The van der Waals surface area contributed by atoms with Crippen LogP contribution in [0, 0.1) is 0 Å². The third kappa shape index (κ3) is 4.24. The van der Waals surface area contributed by atoms with Crippen LogP contribution in [0.2, 0.25) is 0 Å². The normalized spacial score (nSPS) is 16.4. The number of methoxy groups -OCH3 is 4. The Morgan fingerprint density at radius 2 is 1.52 bits per heavy atom. The largest absolute Gasteiger partial charge is 0.497 e. The molecule has 0 bridgehead atoms. The molecule has 8 nitrogen and oxygen atoms in total. The van der Waals surface area contributed by atoms with Crippen molar-refractivity contribution in [1.82, 2.24) is 4.41 Å². The van der Waals surface area contributed by atoms with E-state index in [0.29, 0.717) is 40.7 Å². The standard InChI is InChI=1S/C20H24N2O6S/c1-25-14-6-7-20(28-4)17(11-14)19-12-18(21-22(19)29(5,23)24)13-8-15(26-2)10-16(9-13)27-3/h6-11,19H,12H2,1-5H3. The van der Waals surface area contributed by atoms with Crippen LogP contribution in [-0.4, -0.2) is 53.2 Å². The van der Waals surface area contributed by atoms with E-state index in [4.69, 9.17) is 18.9 Å². The summed E-state index contributed by atoms with van der Waals surface area (Å²) in [5.41, 5.74) is 1.99. The molecule has 3 rings (SSSR count). The Hall–Kier alpha value is -2.94. The molecule has 2 aromatic rings. The molecule has 29 heavy (non-hydrogen) atoms. The van der Waals surface area contributed by atoms with Gasteiger partial charge in [-0.1, -0.05) is 0 Å². The van der Waals surface area contributed by atoms with Crippen LogP contribution in [-0.2, 0) is 10.0 Å². The van der Waals surface area contributed by atoms with E-state index in [1.807, 2.05) is 0 Å². The number of ether oxygens (including phenoxy) is 4. The van der Waals surface area contributed by atoms with Crippen LogP contribution in [0.3, 0.4) is 0 Å². The van der Waals surface area contributed by atoms with Crippen LogP contribution in [0.15, 0.2) is 41.5 Å². The summed E-state index contributed by atoms with van der Waals surface area (Å²) in [6.07, 6.45) is 1.48. The second-order valence-electron chi connectivity index (χ2n) is 6.51. The molecule has 0 saturated carbocycles. The van der Waals surface area contributed by atoms with Gasteiger partial charge in [0, 0.05) is 23.6 Å². The molecule has 156 valence electrons. The Labute approximate surface area is 170 Å². The lowest BCUT2D eigenvalue weighted by Crippen LogP contribution is -2.26. The molecule has 2 aromatic carbocycles. The summed E-state index contributed by atoms with van der Waals surface area (Å²) in [5, 5.41) is 4.42. The minimum absolute atomic E-state index is 0.354. The molecule has 1 heterocycles. The lowest BCUT2D eigenvalue weighted by molar-refractivity contribution is 0.348. The Bertz CT molecular complexity index is 1010. The molecule has 1 unspecified atom stereocenters. The first-order valence-corrected chi connectivity index (χ1v) is 10.7. The molecule has 0 radical (unpaired) electrons. The van der Waals surface area contributed by atoms with Crippen molar-refractivity contribution in [2.45, 2.75) is 12.5 Å². The summed E-state index contributed by atoms with van der Waals surface area (Å²) in [7, 11) is 2.58. The van der Waals surface area contributed by atoms with Gasteiger partial charge in [-0.25, -0.2) is 8.42 Å². The number of sulfonamides is 1. The predicted octanol–water partition coefficient (Wildman–Crippen LogP) is 2.83. The van der Waals surface area contributed by atoms with Crippen molar-refractivity contribution in [3.05, 3.63) is 47.5 Å². The third-order valence-corrected chi connectivity index (χ3v) is 5.71. The van der Waals surface area contributed by atoms with Gasteiger partial charge in [0.05, 0.1) is 46.4 Å². The monoisotopic (exact) mass is 420 g/mol. The molecule has 0 aliphatic carbocycles. The average Bonchev–Trinajstić information content (AvgIpc) is 3.18. The predicted molar refractivity (Wildman–Crippen MR) is 110 cm³/mol. The van der Waals surface area contributed by atoms with Crippen molar-refractivity contribution < 1.29 is 27.4 Å². The van der Waals surface area contributed by atoms with Crippen LogP contribution < -0.4 is 18.9 Å². The van der Waals surface area contributed by atoms with Gasteiger partial charge in [0.2, 0.25) is 10.0 Å². The van der Waals surface area contributed by atoms with E-state index in [0.717, 1.165) is 16.2 Å². The first-order chi connectivity index (χ1) is 13.8. The van der Waals surface area contributed by atoms with E-state index < -0.39 is 16.1 Å². The van der Waals surface area contributed by atoms with Crippen molar-refractivity contribution in [3.63, 3.8) is 0 Å². The van der Waals surface area contributed by atoms with E-state index in [9.17, 15) is 8.42 Å². The Morgan fingerprint density at radius 3 is 2.03 bits per heavy atom. The second-order valence-corrected chi connectivity index (χ2v) is 8.35. The summed E-state index contributed by atoms with van der Waals surface area (Å²) in [6, 6.07) is 10.1. The lowest BCUT2D eigenvalue weighted by Gasteiger charge is -2.23.